The van der Waals surface area contributed by atoms with Crippen molar-refractivity contribution < 1.29 is 9.90 Å². The normalized spacial score (nSPS) is 35.2. The van der Waals surface area contributed by atoms with Gasteiger partial charge in [0, 0.05) is 19.6 Å². The SMILES string of the molecule is CC(CN1CC2CC(C2)C1)C(=O)O. The minimum absolute atomic E-state index is 0.211. The Morgan fingerprint density at radius 3 is 2.46 bits per heavy atom. The number of carboxylic acid groups (broad SMARTS) is 1. The van der Waals surface area contributed by atoms with E-state index in [0.29, 0.717) is 0 Å². The molecule has 1 aliphatic carbocycles. The van der Waals surface area contributed by atoms with E-state index in [-0.39, 0.29) is 5.92 Å². The number of piperidine rings is 2. The van der Waals surface area contributed by atoms with Crippen molar-refractivity contribution >= 4 is 5.97 Å². The summed E-state index contributed by atoms with van der Waals surface area (Å²) < 4.78 is 0. The molecular weight excluding hydrogens is 166 g/mol. The maximum Gasteiger partial charge on any atom is 0.307 e. The Morgan fingerprint density at radius 1 is 1.46 bits per heavy atom. The van der Waals surface area contributed by atoms with E-state index in [1.54, 1.807) is 6.92 Å². The molecule has 0 spiro atoms. The van der Waals surface area contributed by atoms with Gasteiger partial charge in [-0.3, -0.25) is 4.79 Å². The molecule has 2 heterocycles. The van der Waals surface area contributed by atoms with Crippen LogP contribution in [0.4, 0.5) is 0 Å². The summed E-state index contributed by atoms with van der Waals surface area (Å²) in [5, 5.41) is 8.76. The van der Waals surface area contributed by atoms with Crippen LogP contribution in [0.15, 0.2) is 0 Å². The first kappa shape index (κ1) is 9.00. The number of carbonyl (C=O) groups is 1. The molecule has 2 aliphatic heterocycles. The molecule has 13 heavy (non-hydrogen) atoms. The molecule has 1 unspecified atom stereocenters. The standard InChI is InChI=1S/C10H17NO2/c1-7(10(12)13)4-11-5-8-2-9(3-8)6-11/h7-9H,2-6H2,1H3,(H,12,13). The molecule has 0 amide bonds. The lowest BCUT2D eigenvalue weighted by molar-refractivity contribution is -0.142. The van der Waals surface area contributed by atoms with Gasteiger partial charge in [0.1, 0.15) is 0 Å². The highest BCUT2D eigenvalue weighted by molar-refractivity contribution is 5.69. The zero-order valence-electron chi connectivity index (χ0n) is 8.07. The number of carboxylic acids is 1. The first-order valence-corrected chi connectivity index (χ1v) is 5.10. The second-order valence-corrected chi connectivity index (χ2v) is 4.66. The number of aliphatic carboxylic acids is 1. The average molecular weight is 183 g/mol. The molecule has 0 aromatic carbocycles. The van der Waals surface area contributed by atoms with Crippen molar-refractivity contribution in [2.24, 2.45) is 17.8 Å². The summed E-state index contributed by atoms with van der Waals surface area (Å²) in [5.41, 5.74) is 0. The van der Waals surface area contributed by atoms with E-state index >= 15 is 0 Å². The van der Waals surface area contributed by atoms with E-state index in [2.05, 4.69) is 4.90 Å². The van der Waals surface area contributed by atoms with Crippen LogP contribution in [-0.2, 0) is 4.79 Å². The van der Waals surface area contributed by atoms with Crippen LogP contribution in [0.2, 0.25) is 0 Å². The molecular formula is C10H17NO2. The lowest BCUT2D eigenvalue weighted by Crippen LogP contribution is -2.50. The van der Waals surface area contributed by atoms with Crippen molar-refractivity contribution in [2.75, 3.05) is 19.6 Å². The Balaban J connectivity index is 1.79. The molecule has 3 aliphatic rings. The Hall–Kier alpha value is -0.570. The van der Waals surface area contributed by atoms with Crippen LogP contribution in [0.5, 0.6) is 0 Å². The lowest BCUT2D eigenvalue weighted by Gasteiger charge is -2.47. The van der Waals surface area contributed by atoms with Gasteiger partial charge in [-0.25, -0.2) is 0 Å². The summed E-state index contributed by atoms with van der Waals surface area (Å²) in [4.78, 5) is 13.0. The molecule has 3 rings (SSSR count). The third-order valence-corrected chi connectivity index (χ3v) is 3.32. The molecule has 1 atom stereocenters. The Bertz CT molecular complexity index is 201. The van der Waals surface area contributed by atoms with Gasteiger partial charge >= 0.3 is 5.97 Å². The number of fused-ring (bicyclic) bond motifs is 2. The third-order valence-electron chi connectivity index (χ3n) is 3.32. The van der Waals surface area contributed by atoms with Gasteiger partial charge in [-0.15, -0.1) is 0 Å². The van der Waals surface area contributed by atoms with Gasteiger partial charge in [-0.2, -0.15) is 0 Å². The van der Waals surface area contributed by atoms with E-state index in [9.17, 15) is 4.79 Å². The van der Waals surface area contributed by atoms with Crippen molar-refractivity contribution in [3.05, 3.63) is 0 Å². The molecule has 74 valence electrons. The molecule has 0 radical (unpaired) electrons. The Kier molecular flexibility index (Phi) is 2.28. The molecule has 1 N–H and O–H groups in total. The zero-order valence-corrected chi connectivity index (χ0v) is 8.07. The summed E-state index contributed by atoms with van der Waals surface area (Å²) in [5.74, 6) is 0.872. The quantitative estimate of drug-likeness (QED) is 0.711. The van der Waals surface area contributed by atoms with Gasteiger partial charge in [-0.1, -0.05) is 6.92 Å². The summed E-state index contributed by atoms with van der Waals surface area (Å²) in [6.07, 6.45) is 2.77. The van der Waals surface area contributed by atoms with Crippen molar-refractivity contribution in [3.8, 4) is 0 Å². The fourth-order valence-electron chi connectivity index (χ4n) is 2.59. The van der Waals surface area contributed by atoms with Crippen LogP contribution in [0, 0.1) is 17.8 Å². The van der Waals surface area contributed by atoms with E-state index in [1.807, 2.05) is 0 Å². The highest BCUT2D eigenvalue weighted by Gasteiger charge is 2.37. The number of hydrogen-bond acceptors (Lipinski definition) is 2. The van der Waals surface area contributed by atoms with Crippen LogP contribution in [-0.4, -0.2) is 35.6 Å². The summed E-state index contributed by atoms with van der Waals surface area (Å²) in [7, 11) is 0. The van der Waals surface area contributed by atoms with Crippen LogP contribution in [0.1, 0.15) is 19.8 Å². The van der Waals surface area contributed by atoms with Crippen LogP contribution >= 0.6 is 0 Å². The Labute approximate surface area is 78.7 Å². The van der Waals surface area contributed by atoms with Gasteiger partial charge in [0.15, 0.2) is 0 Å². The number of hydrogen-bond donors (Lipinski definition) is 1. The van der Waals surface area contributed by atoms with Crippen LogP contribution in [0.25, 0.3) is 0 Å². The predicted octanol–water partition coefficient (Wildman–Crippen LogP) is 1.05. The highest BCUT2D eigenvalue weighted by atomic mass is 16.4. The first-order chi connectivity index (χ1) is 6.15. The molecule has 0 aromatic heterocycles. The molecule has 2 bridgehead atoms. The minimum Gasteiger partial charge on any atom is -0.481 e. The molecule has 3 nitrogen and oxygen atoms in total. The summed E-state index contributed by atoms with van der Waals surface area (Å²) in [6.45, 7) is 4.80. The number of rotatable bonds is 3. The zero-order chi connectivity index (χ0) is 9.42. The van der Waals surface area contributed by atoms with Gasteiger partial charge in [0.25, 0.3) is 0 Å². The van der Waals surface area contributed by atoms with E-state index in [1.165, 1.54) is 12.8 Å². The van der Waals surface area contributed by atoms with Crippen LogP contribution in [0.3, 0.4) is 0 Å². The summed E-state index contributed by atoms with van der Waals surface area (Å²) in [6, 6.07) is 0. The summed E-state index contributed by atoms with van der Waals surface area (Å²) >= 11 is 0. The first-order valence-electron chi connectivity index (χ1n) is 5.10. The van der Waals surface area contributed by atoms with E-state index in [0.717, 1.165) is 31.5 Å². The Morgan fingerprint density at radius 2 is 2.00 bits per heavy atom. The average Bonchev–Trinajstić information content (AvgIpc) is 2.02. The maximum absolute atomic E-state index is 10.6. The van der Waals surface area contributed by atoms with Gasteiger partial charge < -0.3 is 10.0 Å². The number of nitrogens with zero attached hydrogens (tertiary/aromatic N) is 1. The van der Waals surface area contributed by atoms with Gasteiger partial charge in [0.05, 0.1) is 5.92 Å². The molecule has 3 heteroatoms. The predicted molar refractivity (Wildman–Crippen MR) is 49.5 cm³/mol. The van der Waals surface area contributed by atoms with Crippen LogP contribution < -0.4 is 0 Å². The van der Waals surface area contributed by atoms with Crippen molar-refractivity contribution in [1.29, 1.82) is 0 Å². The molecule has 0 aromatic rings. The van der Waals surface area contributed by atoms with Gasteiger partial charge in [-0.05, 0) is 24.7 Å². The topological polar surface area (TPSA) is 40.5 Å². The monoisotopic (exact) mass is 183 g/mol. The van der Waals surface area contributed by atoms with Gasteiger partial charge in [0.2, 0.25) is 0 Å². The second-order valence-electron chi connectivity index (χ2n) is 4.66. The third kappa shape index (κ3) is 1.85. The maximum atomic E-state index is 10.6. The highest BCUT2D eigenvalue weighted by Crippen LogP contribution is 2.39. The largest absolute Gasteiger partial charge is 0.481 e. The van der Waals surface area contributed by atoms with Crippen molar-refractivity contribution in [3.63, 3.8) is 0 Å². The van der Waals surface area contributed by atoms with E-state index in [4.69, 9.17) is 5.11 Å². The lowest BCUT2D eigenvalue weighted by atomic mass is 9.71. The van der Waals surface area contributed by atoms with Crippen molar-refractivity contribution in [1.82, 2.24) is 4.90 Å². The fourth-order valence-corrected chi connectivity index (χ4v) is 2.59. The molecule has 1 saturated carbocycles. The smallest absolute Gasteiger partial charge is 0.307 e. The second kappa shape index (κ2) is 3.29. The van der Waals surface area contributed by atoms with E-state index < -0.39 is 5.97 Å². The molecule has 2 saturated heterocycles. The fraction of sp³-hybridized carbons (Fsp3) is 0.900. The van der Waals surface area contributed by atoms with Crippen molar-refractivity contribution in [2.45, 2.75) is 19.8 Å². The minimum atomic E-state index is -0.667. The molecule has 3 fully saturated rings.